The SMILES string of the molecule is CC(C)[C@@H](NC(=O)OCc1ccccc1)C(=O)OCCOCn1cnc2c(=O)n3cc(-c4cccc(Cl)c4)[nH]c3nc21. The molecule has 3 aromatic heterocycles. The van der Waals surface area contributed by atoms with E-state index in [0.717, 1.165) is 11.1 Å². The molecule has 0 spiro atoms. The van der Waals surface area contributed by atoms with Crippen molar-refractivity contribution in [3.63, 3.8) is 0 Å². The van der Waals surface area contributed by atoms with Gasteiger partial charge < -0.3 is 24.5 Å². The lowest BCUT2D eigenvalue weighted by Gasteiger charge is -2.20. The number of nitrogens with one attached hydrogen (secondary N) is 2. The van der Waals surface area contributed by atoms with E-state index in [1.807, 2.05) is 42.5 Å². The van der Waals surface area contributed by atoms with Crippen molar-refractivity contribution in [1.29, 1.82) is 0 Å². The van der Waals surface area contributed by atoms with E-state index >= 15 is 0 Å². The Hall–Kier alpha value is -4.68. The number of aromatic amines is 1. The van der Waals surface area contributed by atoms with Gasteiger partial charge in [0.05, 0.1) is 18.6 Å². The van der Waals surface area contributed by atoms with Gasteiger partial charge >= 0.3 is 12.1 Å². The number of carbonyl (C=O) groups excluding carboxylic acids is 2. The summed E-state index contributed by atoms with van der Waals surface area (Å²) in [5.41, 5.74) is 2.52. The molecule has 1 amide bonds. The van der Waals surface area contributed by atoms with Crippen LogP contribution in [0.2, 0.25) is 5.02 Å². The number of imidazole rings is 2. The standard InChI is InChI=1S/C29H29ClN6O6/c1-18(2)23(33-29(39)42-15-19-7-4-3-5-8-19)27(38)41-12-11-40-17-35-16-31-24-25(35)34-28-32-22(14-36(28)26(24)37)20-9-6-10-21(30)13-20/h3-10,13-14,16,18,23H,11-12,15,17H2,1-2H3,(H,32,34)(H,33,39)/t23-/m1/s1. The summed E-state index contributed by atoms with van der Waals surface area (Å²) < 4.78 is 19.2. The summed E-state index contributed by atoms with van der Waals surface area (Å²) in [4.78, 5) is 49.8. The van der Waals surface area contributed by atoms with Gasteiger partial charge in [0.15, 0.2) is 11.2 Å². The average molecular weight is 593 g/mol. The van der Waals surface area contributed by atoms with Crippen molar-refractivity contribution in [3.05, 3.63) is 88.1 Å². The van der Waals surface area contributed by atoms with Crippen LogP contribution in [0, 0.1) is 5.92 Å². The van der Waals surface area contributed by atoms with E-state index in [1.165, 1.54) is 10.7 Å². The normalized spacial score (nSPS) is 12.1. The first-order valence-corrected chi connectivity index (χ1v) is 13.6. The number of nitrogens with zero attached hydrogens (tertiary/aromatic N) is 4. The van der Waals surface area contributed by atoms with Crippen LogP contribution in [0.5, 0.6) is 0 Å². The topological polar surface area (TPSA) is 142 Å². The number of aromatic nitrogens is 5. The molecular formula is C29H29ClN6O6. The van der Waals surface area contributed by atoms with E-state index in [-0.39, 0.29) is 43.5 Å². The van der Waals surface area contributed by atoms with Gasteiger partial charge in [-0.15, -0.1) is 0 Å². The highest BCUT2D eigenvalue weighted by Crippen LogP contribution is 2.22. The summed E-state index contributed by atoms with van der Waals surface area (Å²) in [5, 5.41) is 3.14. The molecule has 3 heterocycles. The highest BCUT2D eigenvalue weighted by molar-refractivity contribution is 6.30. The molecule has 0 unspecified atom stereocenters. The Labute approximate surface area is 245 Å². The molecule has 218 valence electrons. The predicted molar refractivity (Wildman–Crippen MR) is 155 cm³/mol. The molecule has 12 nitrogen and oxygen atoms in total. The van der Waals surface area contributed by atoms with Gasteiger partial charge in [0.1, 0.15) is 26.0 Å². The average Bonchev–Trinajstić information content (AvgIpc) is 3.60. The first kappa shape index (κ1) is 28.8. The highest BCUT2D eigenvalue weighted by atomic mass is 35.5. The van der Waals surface area contributed by atoms with Gasteiger partial charge in [0.2, 0.25) is 5.78 Å². The Morgan fingerprint density at radius 2 is 1.88 bits per heavy atom. The molecule has 2 aromatic carbocycles. The van der Waals surface area contributed by atoms with Gasteiger partial charge in [-0.3, -0.25) is 9.36 Å². The number of amides is 1. The van der Waals surface area contributed by atoms with Gasteiger partial charge in [0.25, 0.3) is 5.56 Å². The van der Waals surface area contributed by atoms with Crippen LogP contribution >= 0.6 is 11.6 Å². The number of benzene rings is 2. The first-order valence-electron chi connectivity index (χ1n) is 13.2. The fraction of sp³-hybridized carbons (Fsp3) is 0.276. The van der Waals surface area contributed by atoms with Crippen molar-refractivity contribution in [2.45, 2.75) is 33.2 Å². The number of carbonyl (C=O) groups is 2. The molecule has 1 atom stereocenters. The number of halogens is 1. The largest absolute Gasteiger partial charge is 0.462 e. The molecule has 0 radical (unpaired) electrons. The molecule has 0 saturated heterocycles. The van der Waals surface area contributed by atoms with E-state index in [1.54, 1.807) is 36.7 Å². The van der Waals surface area contributed by atoms with Crippen LogP contribution in [0.15, 0.2) is 71.9 Å². The highest BCUT2D eigenvalue weighted by Gasteiger charge is 2.26. The van der Waals surface area contributed by atoms with E-state index in [2.05, 4.69) is 20.3 Å². The number of alkyl carbamates (subject to hydrolysis) is 1. The monoisotopic (exact) mass is 592 g/mol. The van der Waals surface area contributed by atoms with E-state index in [9.17, 15) is 14.4 Å². The second-order valence-corrected chi connectivity index (χ2v) is 10.2. The molecule has 42 heavy (non-hydrogen) atoms. The molecule has 2 N–H and O–H groups in total. The fourth-order valence-electron chi connectivity index (χ4n) is 4.24. The summed E-state index contributed by atoms with van der Waals surface area (Å²) in [6.45, 7) is 3.71. The summed E-state index contributed by atoms with van der Waals surface area (Å²) >= 11 is 6.11. The number of hydrogen-bond acceptors (Lipinski definition) is 8. The molecule has 13 heteroatoms. The van der Waals surface area contributed by atoms with E-state index < -0.39 is 18.1 Å². The third-order valence-electron chi connectivity index (χ3n) is 6.42. The molecule has 5 aromatic rings. The number of H-pyrrole nitrogens is 1. The van der Waals surface area contributed by atoms with E-state index in [4.69, 9.17) is 25.8 Å². The third kappa shape index (κ3) is 6.61. The number of fused-ring (bicyclic) bond motifs is 2. The quantitative estimate of drug-likeness (QED) is 0.172. The van der Waals surface area contributed by atoms with Crippen LogP contribution in [0.1, 0.15) is 19.4 Å². The Bertz CT molecular complexity index is 1760. The second-order valence-electron chi connectivity index (χ2n) is 9.81. The maximum absolute atomic E-state index is 13.0. The number of ether oxygens (including phenoxy) is 3. The maximum Gasteiger partial charge on any atom is 0.408 e. The lowest BCUT2D eigenvalue weighted by Crippen LogP contribution is -2.45. The van der Waals surface area contributed by atoms with Crippen molar-refractivity contribution in [1.82, 2.24) is 29.2 Å². The lowest BCUT2D eigenvalue weighted by atomic mass is 10.1. The zero-order chi connectivity index (χ0) is 29.6. The van der Waals surface area contributed by atoms with Crippen LogP contribution in [0.4, 0.5) is 4.79 Å². The van der Waals surface area contributed by atoms with Gasteiger partial charge in [-0.25, -0.2) is 19.0 Å². The van der Waals surface area contributed by atoms with Crippen molar-refractivity contribution in [2.75, 3.05) is 13.2 Å². The number of esters is 1. The number of rotatable bonds is 11. The van der Waals surface area contributed by atoms with Crippen molar-refractivity contribution in [2.24, 2.45) is 5.92 Å². The van der Waals surface area contributed by atoms with Crippen LogP contribution in [0.3, 0.4) is 0 Å². The predicted octanol–water partition coefficient (Wildman–Crippen LogP) is 4.16. The molecule has 0 aliphatic carbocycles. The zero-order valence-corrected chi connectivity index (χ0v) is 23.7. The molecule has 5 rings (SSSR count). The second kappa shape index (κ2) is 12.9. The summed E-state index contributed by atoms with van der Waals surface area (Å²) in [5.74, 6) is -0.486. The van der Waals surface area contributed by atoms with Crippen molar-refractivity contribution >= 4 is 40.6 Å². The molecule has 0 aliphatic rings. The van der Waals surface area contributed by atoms with Crippen LogP contribution in [-0.4, -0.2) is 55.2 Å². The summed E-state index contributed by atoms with van der Waals surface area (Å²) in [6.07, 6.45) is 2.40. The van der Waals surface area contributed by atoms with Crippen molar-refractivity contribution < 1.29 is 23.8 Å². The third-order valence-corrected chi connectivity index (χ3v) is 6.66. The van der Waals surface area contributed by atoms with Gasteiger partial charge in [-0.2, -0.15) is 4.98 Å². The van der Waals surface area contributed by atoms with Crippen LogP contribution in [-0.2, 0) is 32.3 Å². The molecule has 0 fully saturated rings. The smallest absolute Gasteiger partial charge is 0.408 e. The Morgan fingerprint density at radius 1 is 1.07 bits per heavy atom. The summed E-state index contributed by atoms with van der Waals surface area (Å²) in [7, 11) is 0. The summed E-state index contributed by atoms with van der Waals surface area (Å²) in [6, 6.07) is 15.6. The minimum absolute atomic E-state index is 0.0240. The Balaban J connectivity index is 1.14. The van der Waals surface area contributed by atoms with Crippen LogP contribution < -0.4 is 10.9 Å². The number of hydrogen-bond donors (Lipinski definition) is 2. The van der Waals surface area contributed by atoms with E-state index in [0.29, 0.717) is 22.1 Å². The molecule has 0 aliphatic heterocycles. The molecule has 0 saturated carbocycles. The van der Waals surface area contributed by atoms with Gasteiger partial charge in [0, 0.05) is 16.8 Å². The fourth-order valence-corrected chi connectivity index (χ4v) is 4.43. The van der Waals surface area contributed by atoms with Crippen LogP contribution in [0.25, 0.3) is 28.2 Å². The van der Waals surface area contributed by atoms with Crippen molar-refractivity contribution in [3.8, 4) is 11.3 Å². The van der Waals surface area contributed by atoms with Gasteiger partial charge in [-0.05, 0) is 23.6 Å². The lowest BCUT2D eigenvalue weighted by molar-refractivity contribution is -0.149. The molecular weight excluding hydrogens is 564 g/mol. The minimum atomic E-state index is -0.886. The first-order chi connectivity index (χ1) is 20.3. The minimum Gasteiger partial charge on any atom is -0.462 e. The maximum atomic E-state index is 13.0. The Kier molecular flexibility index (Phi) is 8.84. The molecule has 0 bridgehead atoms. The van der Waals surface area contributed by atoms with Gasteiger partial charge in [-0.1, -0.05) is 67.9 Å². The zero-order valence-electron chi connectivity index (χ0n) is 23.0. The Morgan fingerprint density at radius 3 is 2.64 bits per heavy atom.